The van der Waals surface area contributed by atoms with E-state index in [1.54, 1.807) is 55.7 Å². The number of aromatic nitrogens is 1. The number of sulfonamides is 1. The second-order valence-electron chi connectivity index (χ2n) is 4.89. The molecule has 7 heteroatoms. The summed E-state index contributed by atoms with van der Waals surface area (Å²) in [5.74, 6) is 0.563. The topological polar surface area (TPSA) is 72.2 Å². The molecule has 0 aliphatic rings. The molecule has 3 rings (SSSR count). The standard InChI is InChI=1S/C16H13BrN2O3S/c1-11-18-16(10-22-11)12-5-7-15(8-6-12)23(20,21)19-14-4-2-3-13(17)9-14/h2-10,19H,1H3. The Morgan fingerprint density at radius 3 is 2.48 bits per heavy atom. The Bertz CT molecular complexity index is 934. The van der Waals surface area contributed by atoms with Crippen molar-refractivity contribution in [2.45, 2.75) is 11.8 Å². The molecule has 118 valence electrons. The van der Waals surface area contributed by atoms with Gasteiger partial charge in [-0.2, -0.15) is 0 Å². The maximum absolute atomic E-state index is 12.4. The molecule has 1 heterocycles. The highest BCUT2D eigenvalue weighted by Gasteiger charge is 2.15. The highest BCUT2D eigenvalue weighted by atomic mass is 79.9. The van der Waals surface area contributed by atoms with Gasteiger partial charge in [0, 0.05) is 22.6 Å². The second kappa shape index (κ2) is 6.17. The third-order valence-electron chi connectivity index (χ3n) is 3.16. The molecule has 3 aromatic rings. The van der Waals surface area contributed by atoms with Crippen LogP contribution in [0.15, 0.2) is 68.6 Å². The van der Waals surface area contributed by atoms with Crippen LogP contribution in [0.3, 0.4) is 0 Å². The van der Waals surface area contributed by atoms with Crippen molar-refractivity contribution >= 4 is 31.6 Å². The average molecular weight is 393 g/mol. The van der Waals surface area contributed by atoms with E-state index in [-0.39, 0.29) is 4.90 Å². The van der Waals surface area contributed by atoms with Gasteiger partial charge in [0.25, 0.3) is 10.0 Å². The van der Waals surface area contributed by atoms with Gasteiger partial charge >= 0.3 is 0 Å². The van der Waals surface area contributed by atoms with E-state index in [2.05, 4.69) is 25.6 Å². The molecule has 0 unspecified atom stereocenters. The normalized spacial score (nSPS) is 11.4. The van der Waals surface area contributed by atoms with Crippen molar-refractivity contribution in [2.75, 3.05) is 4.72 Å². The lowest BCUT2D eigenvalue weighted by Crippen LogP contribution is -2.12. The summed E-state index contributed by atoms with van der Waals surface area (Å²) >= 11 is 3.31. The SMILES string of the molecule is Cc1nc(-c2ccc(S(=O)(=O)Nc3cccc(Br)c3)cc2)co1. The zero-order valence-corrected chi connectivity index (χ0v) is 14.6. The lowest BCUT2D eigenvalue weighted by molar-refractivity contribution is 0.521. The van der Waals surface area contributed by atoms with Gasteiger partial charge in [-0.25, -0.2) is 13.4 Å². The van der Waals surface area contributed by atoms with Crippen molar-refractivity contribution in [2.24, 2.45) is 0 Å². The summed E-state index contributed by atoms with van der Waals surface area (Å²) < 4.78 is 33.3. The van der Waals surface area contributed by atoms with Gasteiger partial charge in [0.1, 0.15) is 12.0 Å². The molecule has 2 aromatic carbocycles. The molecule has 0 fully saturated rings. The van der Waals surface area contributed by atoms with Gasteiger partial charge in [-0.05, 0) is 30.3 Å². The van der Waals surface area contributed by atoms with E-state index < -0.39 is 10.0 Å². The number of nitrogens with one attached hydrogen (secondary N) is 1. The predicted octanol–water partition coefficient (Wildman–Crippen LogP) is 4.21. The summed E-state index contributed by atoms with van der Waals surface area (Å²) in [7, 11) is -3.64. The van der Waals surface area contributed by atoms with Gasteiger partial charge in [-0.1, -0.05) is 34.1 Å². The van der Waals surface area contributed by atoms with Crippen LogP contribution in [-0.4, -0.2) is 13.4 Å². The maximum Gasteiger partial charge on any atom is 0.261 e. The Labute approximate surface area is 142 Å². The second-order valence-corrected chi connectivity index (χ2v) is 7.49. The Balaban J connectivity index is 1.86. The number of halogens is 1. The number of aryl methyl sites for hydroxylation is 1. The van der Waals surface area contributed by atoms with Crippen molar-refractivity contribution in [1.82, 2.24) is 4.98 Å². The van der Waals surface area contributed by atoms with E-state index in [1.807, 2.05) is 6.07 Å². The molecule has 0 aliphatic heterocycles. The quantitative estimate of drug-likeness (QED) is 0.721. The number of benzene rings is 2. The molecule has 0 spiro atoms. The maximum atomic E-state index is 12.4. The minimum Gasteiger partial charge on any atom is -0.449 e. The third kappa shape index (κ3) is 3.62. The number of nitrogens with zero attached hydrogens (tertiary/aromatic N) is 1. The minimum atomic E-state index is -3.64. The monoisotopic (exact) mass is 392 g/mol. The summed E-state index contributed by atoms with van der Waals surface area (Å²) in [6, 6.07) is 13.5. The zero-order valence-electron chi connectivity index (χ0n) is 12.2. The fourth-order valence-corrected chi connectivity index (χ4v) is 3.52. The molecule has 5 nitrogen and oxygen atoms in total. The largest absolute Gasteiger partial charge is 0.449 e. The Morgan fingerprint density at radius 1 is 1.13 bits per heavy atom. The van der Waals surface area contributed by atoms with Crippen molar-refractivity contribution in [3.8, 4) is 11.3 Å². The van der Waals surface area contributed by atoms with Gasteiger partial charge < -0.3 is 4.42 Å². The van der Waals surface area contributed by atoms with Crippen LogP contribution < -0.4 is 4.72 Å². The summed E-state index contributed by atoms with van der Waals surface area (Å²) in [6.45, 7) is 1.75. The number of anilines is 1. The summed E-state index contributed by atoms with van der Waals surface area (Å²) in [5, 5.41) is 0. The average Bonchev–Trinajstić information content (AvgIpc) is 2.93. The molecule has 0 bridgehead atoms. The van der Waals surface area contributed by atoms with E-state index in [0.717, 1.165) is 10.0 Å². The lowest BCUT2D eigenvalue weighted by Gasteiger charge is -2.08. The van der Waals surface area contributed by atoms with Gasteiger partial charge in [0.15, 0.2) is 5.89 Å². The van der Waals surface area contributed by atoms with Crippen LogP contribution in [0.5, 0.6) is 0 Å². The summed E-state index contributed by atoms with van der Waals surface area (Å²) in [6.07, 6.45) is 1.54. The van der Waals surface area contributed by atoms with Gasteiger partial charge in [0.2, 0.25) is 0 Å². The lowest BCUT2D eigenvalue weighted by atomic mass is 10.2. The number of hydrogen-bond donors (Lipinski definition) is 1. The van der Waals surface area contributed by atoms with Crippen LogP contribution in [0, 0.1) is 6.92 Å². The first-order valence-electron chi connectivity index (χ1n) is 6.75. The van der Waals surface area contributed by atoms with Crippen LogP contribution in [0.25, 0.3) is 11.3 Å². The van der Waals surface area contributed by atoms with Crippen molar-refractivity contribution in [3.05, 3.63) is 65.2 Å². The highest BCUT2D eigenvalue weighted by molar-refractivity contribution is 9.10. The van der Waals surface area contributed by atoms with Gasteiger partial charge in [0.05, 0.1) is 4.90 Å². The molecular weight excluding hydrogens is 380 g/mol. The van der Waals surface area contributed by atoms with Gasteiger partial charge in [-0.15, -0.1) is 0 Å². The molecule has 1 aromatic heterocycles. The Morgan fingerprint density at radius 2 is 1.87 bits per heavy atom. The van der Waals surface area contributed by atoms with E-state index in [0.29, 0.717) is 17.3 Å². The first-order valence-corrected chi connectivity index (χ1v) is 9.03. The first-order chi connectivity index (χ1) is 10.9. The van der Waals surface area contributed by atoms with E-state index >= 15 is 0 Å². The van der Waals surface area contributed by atoms with Crippen LogP contribution in [0.4, 0.5) is 5.69 Å². The minimum absolute atomic E-state index is 0.182. The van der Waals surface area contributed by atoms with Crippen molar-refractivity contribution < 1.29 is 12.8 Å². The molecule has 0 aliphatic carbocycles. The molecule has 23 heavy (non-hydrogen) atoms. The van der Waals surface area contributed by atoms with E-state index in [1.165, 1.54) is 0 Å². The van der Waals surface area contributed by atoms with E-state index in [9.17, 15) is 8.42 Å². The Kier molecular flexibility index (Phi) is 4.23. The molecule has 0 saturated heterocycles. The molecule has 0 atom stereocenters. The summed E-state index contributed by atoms with van der Waals surface area (Å²) in [4.78, 5) is 4.40. The van der Waals surface area contributed by atoms with Crippen LogP contribution >= 0.6 is 15.9 Å². The van der Waals surface area contributed by atoms with Crippen LogP contribution in [0.2, 0.25) is 0 Å². The third-order valence-corrected chi connectivity index (χ3v) is 5.05. The molecule has 1 N–H and O–H groups in total. The van der Waals surface area contributed by atoms with Crippen molar-refractivity contribution in [1.29, 1.82) is 0 Å². The number of hydrogen-bond acceptors (Lipinski definition) is 4. The molecule has 0 radical (unpaired) electrons. The summed E-state index contributed by atoms with van der Waals surface area (Å²) in [5.41, 5.74) is 1.96. The molecule has 0 saturated carbocycles. The zero-order chi connectivity index (χ0) is 16.4. The number of oxazole rings is 1. The van der Waals surface area contributed by atoms with Crippen LogP contribution in [-0.2, 0) is 10.0 Å². The smallest absolute Gasteiger partial charge is 0.261 e. The fourth-order valence-electron chi connectivity index (χ4n) is 2.07. The Hall–Kier alpha value is -2.12. The predicted molar refractivity (Wildman–Crippen MR) is 91.6 cm³/mol. The van der Waals surface area contributed by atoms with Gasteiger partial charge in [-0.3, -0.25) is 4.72 Å². The van der Waals surface area contributed by atoms with Crippen molar-refractivity contribution in [3.63, 3.8) is 0 Å². The molecular formula is C16H13BrN2O3S. The fraction of sp³-hybridized carbons (Fsp3) is 0.0625. The first kappa shape index (κ1) is 15.8. The number of rotatable bonds is 4. The van der Waals surface area contributed by atoms with E-state index in [4.69, 9.17) is 4.42 Å². The highest BCUT2D eigenvalue weighted by Crippen LogP contribution is 2.23. The molecule has 0 amide bonds. The van der Waals surface area contributed by atoms with Crippen LogP contribution in [0.1, 0.15) is 5.89 Å².